The zero-order valence-electron chi connectivity index (χ0n) is 16.8. The van der Waals surface area contributed by atoms with Gasteiger partial charge in [-0.05, 0) is 38.1 Å². The van der Waals surface area contributed by atoms with Crippen molar-refractivity contribution in [2.24, 2.45) is 0 Å². The van der Waals surface area contributed by atoms with Gasteiger partial charge in [-0.15, -0.1) is 5.10 Å². The van der Waals surface area contributed by atoms with Crippen LogP contribution in [0.25, 0.3) is 17.2 Å². The van der Waals surface area contributed by atoms with Gasteiger partial charge in [-0.3, -0.25) is 4.79 Å². The minimum Gasteiger partial charge on any atom is -0.497 e. The molecule has 2 heterocycles. The lowest BCUT2D eigenvalue weighted by molar-refractivity contribution is -0.115. The van der Waals surface area contributed by atoms with Crippen LogP contribution < -0.4 is 10.1 Å². The van der Waals surface area contributed by atoms with Gasteiger partial charge in [-0.25, -0.2) is 9.50 Å². The van der Waals surface area contributed by atoms with E-state index in [1.54, 1.807) is 23.8 Å². The molecule has 0 aliphatic heterocycles. The van der Waals surface area contributed by atoms with E-state index in [9.17, 15) is 4.79 Å². The van der Waals surface area contributed by atoms with Crippen LogP contribution in [0.5, 0.6) is 5.75 Å². The van der Waals surface area contributed by atoms with Gasteiger partial charge in [-0.2, -0.15) is 4.98 Å². The molecule has 8 heteroatoms. The van der Waals surface area contributed by atoms with E-state index < -0.39 is 0 Å². The second-order valence-electron chi connectivity index (χ2n) is 6.85. The van der Waals surface area contributed by atoms with E-state index in [0.29, 0.717) is 28.1 Å². The smallest absolute Gasteiger partial charge is 0.253 e. The van der Waals surface area contributed by atoms with Crippen molar-refractivity contribution in [2.45, 2.75) is 20.3 Å². The monoisotopic (exact) mass is 421 g/mol. The van der Waals surface area contributed by atoms with Crippen molar-refractivity contribution in [1.29, 1.82) is 0 Å². The Balaban J connectivity index is 1.64. The number of benzene rings is 2. The summed E-state index contributed by atoms with van der Waals surface area (Å²) in [4.78, 5) is 21.7. The number of fused-ring (bicyclic) bond motifs is 1. The van der Waals surface area contributed by atoms with Crippen molar-refractivity contribution in [1.82, 2.24) is 19.6 Å². The fraction of sp³-hybridized carbons (Fsp3) is 0.182. The van der Waals surface area contributed by atoms with Crippen molar-refractivity contribution in [2.75, 3.05) is 12.4 Å². The molecule has 152 valence electrons. The Bertz CT molecular complexity index is 1250. The van der Waals surface area contributed by atoms with E-state index >= 15 is 0 Å². The normalized spacial score (nSPS) is 10.9. The number of hydrogen-bond acceptors (Lipinski definition) is 5. The maximum atomic E-state index is 12.7. The number of methoxy groups -OCH3 is 1. The van der Waals surface area contributed by atoms with E-state index in [1.807, 2.05) is 50.2 Å². The molecule has 1 amide bonds. The first-order valence-corrected chi connectivity index (χ1v) is 9.75. The number of nitrogens with zero attached hydrogens (tertiary/aromatic N) is 4. The van der Waals surface area contributed by atoms with Crippen LogP contribution in [0.4, 0.5) is 5.69 Å². The van der Waals surface area contributed by atoms with Crippen LogP contribution in [0.1, 0.15) is 17.0 Å². The molecule has 4 aromatic rings. The third-order valence-corrected chi connectivity index (χ3v) is 5.18. The Morgan fingerprint density at radius 2 is 1.93 bits per heavy atom. The summed E-state index contributed by atoms with van der Waals surface area (Å²) in [5, 5.41) is 8.04. The highest BCUT2D eigenvalue weighted by atomic mass is 35.5. The van der Waals surface area contributed by atoms with Gasteiger partial charge >= 0.3 is 0 Å². The van der Waals surface area contributed by atoms with Gasteiger partial charge in [0.05, 0.1) is 18.6 Å². The van der Waals surface area contributed by atoms with Gasteiger partial charge in [0.25, 0.3) is 5.78 Å². The van der Waals surface area contributed by atoms with Crippen molar-refractivity contribution in [3.05, 3.63) is 70.5 Å². The summed E-state index contributed by atoms with van der Waals surface area (Å²) in [5.41, 5.74) is 3.76. The number of amides is 1. The van der Waals surface area contributed by atoms with Crippen LogP contribution in [-0.2, 0) is 11.2 Å². The van der Waals surface area contributed by atoms with Gasteiger partial charge in [-0.1, -0.05) is 29.8 Å². The average molecular weight is 422 g/mol. The fourth-order valence-electron chi connectivity index (χ4n) is 3.29. The van der Waals surface area contributed by atoms with Gasteiger partial charge in [0, 0.05) is 34.3 Å². The predicted octanol–water partition coefficient (Wildman–Crippen LogP) is 4.25. The molecule has 4 rings (SSSR count). The summed E-state index contributed by atoms with van der Waals surface area (Å²) >= 11 is 6.28. The molecular weight excluding hydrogens is 402 g/mol. The number of carbonyl (C=O) groups is 1. The minimum absolute atomic E-state index is 0.151. The van der Waals surface area contributed by atoms with Crippen molar-refractivity contribution in [3.8, 4) is 17.1 Å². The number of carbonyl (C=O) groups excluding carboxylic acids is 1. The van der Waals surface area contributed by atoms with Gasteiger partial charge in [0.1, 0.15) is 5.75 Å². The second kappa shape index (κ2) is 8.12. The number of rotatable bonds is 5. The molecule has 0 saturated carbocycles. The molecule has 0 aliphatic carbocycles. The highest BCUT2D eigenvalue weighted by Crippen LogP contribution is 2.26. The van der Waals surface area contributed by atoms with Crippen LogP contribution in [0.15, 0.2) is 48.5 Å². The van der Waals surface area contributed by atoms with Crippen LogP contribution in [-0.4, -0.2) is 32.6 Å². The second-order valence-corrected chi connectivity index (χ2v) is 7.25. The summed E-state index contributed by atoms with van der Waals surface area (Å²) < 4.78 is 6.85. The van der Waals surface area contributed by atoms with E-state index in [-0.39, 0.29) is 12.3 Å². The molecular formula is C22H20ClN5O2. The average Bonchev–Trinajstić information content (AvgIpc) is 3.15. The third-order valence-electron chi connectivity index (χ3n) is 4.85. The standard InChI is InChI=1S/C22H20ClN5O2/c1-13-18(12-20(29)25-15-7-6-8-16(11-15)30-3)14(2)28-22(24-13)26-21(27-28)17-9-4-5-10-19(17)23/h4-11H,12H2,1-3H3,(H,25,29). The predicted molar refractivity (Wildman–Crippen MR) is 116 cm³/mol. The van der Waals surface area contributed by atoms with Gasteiger partial charge in [0.2, 0.25) is 5.91 Å². The van der Waals surface area contributed by atoms with Crippen LogP contribution in [0.2, 0.25) is 5.02 Å². The van der Waals surface area contributed by atoms with Crippen molar-refractivity contribution >= 4 is 29.0 Å². The fourth-order valence-corrected chi connectivity index (χ4v) is 3.51. The molecule has 30 heavy (non-hydrogen) atoms. The number of nitrogens with one attached hydrogen (secondary N) is 1. The topological polar surface area (TPSA) is 81.4 Å². The summed E-state index contributed by atoms with van der Waals surface area (Å²) in [6, 6.07) is 14.6. The summed E-state index contributed by atoms with van der Waals surface area (Å²) in [7, 11) is 1.59. The largest absolute Gasteiger partial charge is 0.497 e. The molecule has 7 nitrogen and oxygen atoms in total. The number of ether oxygens (including phenoxy) is 1. The van der Waals surface area contributed by atoms with Gasteiger partial charge in [0.15, 0.2) is 5.82 Å². The van der Waals surface area contributed by atoms with Crippen molar-refractivity contribution < 1.29 is 9.53 Å². The highest BCUT2D eigenvalue weighted by Gasteiger charge is 2.17. The van der Waals surface area contributed by atoms with E-state index in [2.05, 4.69) is 20.4 Å². The van der Waals surface area contributed by atoms with Crippen LogP contribution >= 0.6 is 11.6 Å². The highest BCUT2D eigenvalue weighted by molar-refractivity contribution is 6.33. The van der Waals surface area contributed by atoms with E-state index in [0.717, 1.165) is 22.5 Å². The molecule has 2 aromatic carbocycles. The molecule has 2 aromatic heterocycles. The molecule has 0 radical (unpaired) electrons. The first-order chi connectivity index (χ1) is 14.5. The summed E-state index contributed by atoms with van der Waals surface area (Å²) in [6.07, 6.45) is 0.166. The molecule has 0 spiro atoms. The first kappa shape index (κ1) is 19.8. The zero-order chi connectivity index (χ0) is 21.3. The number of hydrogen-bond donors (Lipinski definition) is 1. The minimum atomic E-state index is -0.151. The summed E-state index contributed by atoms with van der Waals surface area (Å²) in [6.45, 7) is 3.77. The number of halogens is 1. The van der Waals surface area contributed by atoms with Gasteiger partial charge < -0.3 is 10.1 Å². The maximum absolute atomic E-state index is 12.7. The molecule has 0 bridgehead atoms. The molecule has 1 N–H and O–H groups in total. The lowest BCUT2D eigenvalue weighted by atomic mass is 10.1. The van der Waals surface area contributed by atoms with E-state index in [1.165, 1.54) is 0 Å². The van der Waals surface area contributed by atoms with E-state index in [4.69, 9.17) is 16.3 Å². The third kappa shape index (κ3) is 3.84. The molecule has 0 saturated heterocycles. The summed E-state index contributed by atoms with van der Waals surface area (Å²) in [5.74, 6) is 1.49. The number of aryl methyl sites for hydroxylation is 2. The first-order valence-electron chi connectivity index (χ1n) is 9.38. The number of aromatic nitrogens is 4. The lowest BCUT2D eigenvalue weighted by Gasteiger charge is -2.11. The SMILES string of the molecule is COc1cccc(NC(=O)Cc2c(C)nc3nc(-c4ccccc4Cl)nn3c2C)c1. The zero-order valence-corrected chi connectivity index (χ0v) is 17.6. The Hall–Kier alpha value is -3.45. The molecule has 0 aliphatic rings. The van der Waals surface area contributed by atoms with Crippen LogP contribution in [0.3, 0.4) is 0 Å². The van der Waals surface area contributed by atoms with Crippen LogP contribution in [0, 0.1) is 13.8 Å². The Labute approximate surface area is 178 Å². The Kier molecular flexibility index (Phi) is 5.37. The number of anilines is 1. The quantitative estimate of drug-likeness (QED) is 0.521. The molecule has 0 fully saturated rings. The lowest BCUT2D eigenvalue weighted by Crippen LogP contribution is -2.17. The molecule has 0 unspecified atom stereocenters. The Morgan fingerprint density at radius 1 is 1.13 bits per heavy atom. The molecule has 0 atom stereocenters. The van der Waals surface area contributed by atoms with Crippen molar-refractivity contribution in [3.63, 3.8) is 0 Å². The Morgan fingerprint density at radius 3 is 2.70 bits per heavy atom. The maximum Gasteiger partial charge on any atom is 0.253 e.